The molecule has 0 spiro atoms. The van der Waals surface area contributed by atoms with Crippen molar-refractivity contribution in [3.63, 3.8) is 0 Å². The van der Waals surface area contributed by atoms with Gasteiger partial charge in [-0.3, -0.25) is 4.79 Å². The van der Waals surface area contributed by atoms with Crippen LogP contribution in [0.25, 0.3) is 11.1 Å². The molecule has 0 aliphatic rings. The molecule has 0 saturated carbocycles. The lowest BCUT2D eigenvalue weighted by atomic mass is 9.98. The second-order valence-corrected chi connectivity index (χ2v) is 3.95. The molecule has 6 heteroatoms. The Bertz CT molecular complexity index is 639. The van der Waals surface area contributed by atoms with E-state index in [4.69, 9.17) is 4.74 Å². The smallest absolute Gasteiger partial charge is 0.417 e. The van der Waals surface area contributed by atoms with Crippen molar-refractivity contribution in [1.29, 1.82) is 0 Å². The highest BCUT2D eigenvalue weighted by molar-refractivity contribution is 5.86. The van der Waals surface area contributed by atoms with Crippen LogP contribution >= 0.6 is 0 Å². The number of halogens is 3. The third kappa shape index (κ3) is 2.64. The Hall–Kier alpha value is -2.37. The SMILES string of the molecule is COc1ccc(-c2ccccc2C(F)(F)F)c(C=O)n1. The summed E-state index contributed by atoms with van der Waals surface area (Å²) in [7, 11) is 1.36. The number of hydrogen-bond donors (Lipinski definition) is 0. The van der Waals surface area contributed by atoms with Crippen LogP contribution in [0, 0.1) is 0 Å². The molecule has 2 rings (SSSR count). The Balaban J connectivity index is 2.66. The number of pyridine rings is 1. The molecule has 0 N–H and O–H groups in total. The predicted molar refractivity (Wildman–Crippen MR) is 66.6 cm³/mol. The monoisotopic (exact) mass is 281 g/mol. The lowest BCUT2D eigenvalue weighted by Gasteiger charge is -2.14. The van der Waals surface area contributed by atoms with Gasteiger partial charge in [0.15, 0.2) is 6.29 Å². The summed E-state index contributed by atoms with van der Waals surface area (Å²) in [6, 6.07) is 7.84. The minimum absolute atomic E-state index is 0.0859. The van der Waals surface area contributed by atoms with Crippen LogP contribution in [-0.4, -0.2) is 18.4 Å². The zero-order valence-corrected chi connectivity index (χ0v) is 10.4. The molecular formula is C14H10F3NO2. The molecule has 1 aromatic carbocycles. The van der Waals surface area contributed by atoms with Crippen LogP contribution < -0.4 is 4.74 Å². The van der Waals surface area contributed by atoms with E-state index in [0.29, 0.717) is 6.29 Å². The zero-order chi connectivity index (χ0) is 14.8. The van der Waals surface area contributed by atoms with Gasteiger partial charge in [-0.2, -0.15) is 13.2 Å². The number of methoxy groups -OCH3 is 1. The van der Waals surface area contributed by atoms with Gasteiger partial charge in [-0.25, -0.2) is 4.98 Å². The Kier molecular flexibility index (Phi) is 3.74. The van der Waals surface area contributed by atoms with E-state index in [-0.39, 0.29) is 22.7 Å². The summed E-state index contributed by atoms with van der Waals surface area (Å²) in [6.45, 7) is 0. The molecule has 0 fully saturated rings. The Morgan fingerprint density at radius 2 is 1.80 bits per heavy atom. The molecule has 0 amide bonds. The maximum atomic E-state index is 13.0. The van der Waals surface area contributed by atoms with E-state index in [2.05, 4.69) is 4.98 Å². The molecule has 0 saturated heterocycles. The molecular weight excluding hydrogens is 271 g/mol. The molecule has 0 bridgehead atoms. The molecule has 0 aliphatic heterocycles. The van der Waals surface area contributed by atoms with E-state index >= 15 is 0 Å². The number of ether oxygens (including phenoxy) is 1. The fraction of sp³-hybridized carbons (Fsp3) is 0.143. The number of hydrogen-bond acceptors (Lipinski definition) is 3. The zero-order valence-electron chi connectivity index (χ0n) is 10.4. The van der Waals surface area contributed by atoms with Gasteiger partial charge in [0.05, 0.1) is 12.7 Å². The highest BCUT2D eigenvalue weighted by atomic mass is 19.4. The molecule has 20 heavy (non-hydrogen) atoms. The highest BCUT2D eigenvalue weighted by Gasteiger charge is 2.33. The first-order valence-corrected chi connectivity index (χ1v) is 5.64. The summed E-state index contributed by atoms with van der Waals surface area (Å²) < 4.78 is 43.8. The summed E-state index contributed by atoms with van der Waals surface area (Å²) >= 11 is 0. The molecule has 0 aliphatic carbocycles. The normalized spacial score (nSPS) is 11.2. The summed E-state index contributed by atoms with van der Waals surface area (Å²) in [5.41, 5.74) is -0.873. The van der Waals surface area contributed by atoms with E-state index in [1.54, 1.807) is 0 Å². The van der Waals surface area contributed by atoms with Crippen LogP contribution in [0.2, 0.25) is 0 Å². The highest BCUT2D eigenvalue weighted by Crippen LogP contribution is 2.37. The molecule has 1 heterocycles. The summed E-state index contributed by atoms with van der Waals surface area (Å²) in [6.07, 6.45) is -4.10. The number of benzene rings is 1. The van der Waals surface area contributed by atoms with Gasteiger partial charge in [-0.15, -0.1) is 0 Å². The standard InChI is InChI=1S/C14H10F3NO2/c1-20-13-7-6-10(12(8-19)18-13)9-4-2-3-5-11(9)14(15,16)17/h2-8H,1H3. The lowest BCUT2D eigenvalue weighted by molar-refractivity contribution is -0.137. The average molecular weight is 281 g/mol. The molecule has 0 unspecified atom stereocenters. The third-order valence-corrected chi connectivity index (χ3v) is 2.74. The summed E-state index contributed by atoms with van der Waals surface area (Å²) in [5.74, 6) is 0.167. The van der Waals surface area contributed by atoms with E-state index in [1.165, 1.54) is 37.4 Å². The number of aromatic nitrogens is 1. The minimum Gasteiger partial charge on any atom is -0.481 e. The summed E-state index contributed by atoms with van der Waals surface area (Å²) in [5, 5.41) is 0. The van der Waals surface area contributed by atoms with E-state index in [0.717, 1.165) is 6.07 Å². The Morgan fingerprint density at radius 3 is 2.40 bits per heavy atom. The first-order chi connectivity index (χ1) is 9.47. The predicted octanol–water partition coefficient (Wildman–Crippen LogP) is 3.59. The number of alkyl halides is 3. The van der Waals surface area contributed by atoms with E-state index < -0.39 is 11.7 Å². The number of aldehydes is 1. The second kappa shape index (κ2) is 5.32. The van der Waals surface area contributed by atoms with Crippen molar-refractivity contribution < 1.29 is 22.7 Å². The van der Waals surface area contributed by atoms with Gasteiger partial charge in [0.1, 0.15) is 5.69 Å². The van der Waals surface area contributed by atoms with Crippen LogP contribution in [0.5, 0.6) is 5.88 Å². The van der Waals surface area contributed by atoms with Crippen molar-refractivity contribution >= 4 is 6.29 Å². The van der Waals surface area contributed by atoms with E-state index in [1.807, 2.05) is 0 Å². The summed E-state index contributed by atoms with van der Waals surface area (Å²) in [4.78, 5) is 14.9. The van der Waals surface area contributed by atoms with Crippen molar-refractivity contribution in [1.82, 2.24) is 4.98 Å². The first-order valence-electron chi connectivity index (χ1n) is 5.64. The lowest BCUT2D eigenvalue weighted by Crippen LogP contribution is -2.08. The largest absolute Gasteiger partial charge is 0.481 e. The maximum Gasteiger partial charge on any atom is 0.417 e. The van der Waals surface area contributed by atoms with Crippen molar-refractivity contribution in [3.8, 4) is 17.0 Å². The first kappa shape index (κ1) is 14.0. The minimum atomic E-state index is -4.50. The van der Waals surface area contributed by atoms with Crippen LogP contribution in [0.3, 0.4) is 0 Å². The number of rotatable bonds is 3. The van der Waals surface area contributed by atoms with Gasteiger partial charge in [-0.1, -0.05) is 18.2 Å². The molecule has 3 nitrogen and oxygen atoms in total. The van der Waals surface area contributed by atoms with Crippen molar-refractivity contribution in [2.75, 3.05) is 7.11 Å². The second-order valence-electron chi connectivity index (χ2n) is 3.95. The van der Waals surface area contributed by atoms with Crippen LogP contribution in [-0.2, 0) is 6.18 Å². The molecule has 2 aromatic rings. The van der Waals surface area contributed by atoms with Gasteiger partial charge in [-0.05, 0) is 17.7 Å². The molecule has 1 aromatic heterocycles. The van der Waals surface area contributed by atoms with Crippen molar-refractivity contribution in [3.05, 3.63) is 47.7 Å². The quantitative estimate of drug-likeness (QED) is 0.807. The molecule has 0 radical (unpaired) electrons. The molecule has 104 valence electrons. The number of carbonyl (C=O) groups is 1. The van der Waals surface area contributed by atoms with Gasteiger partial charge in [0.2, 0.25) is 5.88 Å². The number of nitrogens with zero attached hydrogens (tertiary/aromatic N) is 1. The Labute approximate surface area is 113 Å². The van der Waals surface area contributed by atoms with Gasteiger partial charge >= 0.3 is 6.18 Å². The van der Waals surface area contributed by atoms with Crippen molar-refractivity contribution in [2.24, 2.45) is 0 Å². The van der Waals surface area contributed by atoms with Crippen LogP contribution in [0.15, 0.2) is 36.4 Å². The van der Waals surface area contributed by atoms with Crippen LogP contribution in [0.4, 0.5) is 13.2 Å². The average Bonchev–Trinajstić information content (AvgIpc) is 2.45. The van der Waals surface area contributed by atoms with Gasteiger partial charge < -0.3 is 4.74 Å². The Morgan fingerprint density at radius 1 is 1.10 bits per heavy atom. The maximum absolute atomic E-state index is 13.0. The fourth-order valence-corrected chi connectivity index (χ4v) is 1.85. The topological polar surface area (TPSA) is 39.2 Å². The van der Waals surface area contributed by atoms with Crippen molar-refractivity contribution in [2.45, 2.75) is 6.18 Å². The van der Waals surface area contributed by atoms with Gasteiger partial charge in [0.25, 0.3) is 0 Å². The van der Waals surface area contributed by atoms with Gasteiger partial charge in [0, 0.05) is 11.6 Å². The third-order valence-electron chi connectivity index (χ3n) is 2.74. The van der Waals surface area contributed by atoms with Crippen LogP contribution in [0.1, 0.15) is 16.1 Å². The number of carbonyl (C=O) groups excluding carboxylic acids is 1. The fourth-order valence-electron chi connectivity index (χ4n) is 1.85. The van der Waals surface area contributed by atoms with E-state index in [9.17, 15) is 18.0 Å². The molecule has 0 atom stereocenters.